The van der Waals surface area contributed by atoms with Gasteiger partial charge in [0.15, 0.2) is 5.82 Å². The van der Waals surface area contributed by atoms with Gasteiger partial charge in [-0.3, -0.25) is 0 Å². The second-order valence-electron chi connectivity index (χ2n) is 7.31. The first kappa shape index (κ1) is 18.5. The second-order valence-corrected chi connectivity index (χ2v) is 7.31. The predicted molar refractivity (Wildman–Crippen MR) is 103 cm³/mol. The van der Waals surface area contributed by atoms with Crippen molar-refractivity contribution in [2.45, 2.75) is 39.2 Å². The van der Waals surface area contributed by atoms with Crippen molar-refractivity contribution in [2.24, 2.45) is 0 Å². The number of hydrogen-bond acceptors (Lipinski definition) is 6. The van der Waals surface area contributed by atoms with E-state index in [0.29, 0.717) is 28.8 Å². The van der Waals surface area contributed by atoms with E-state index in [4.69, 9.17) is 14.5 Å². The Labute approximate surface area is 158 Å². The van der Waals surface area contributed by atoms with Crippen LogP contribution in [0.5, 0.6) is 11.5 Å². The zero-order valence-corrected chi connectivity index (χ0v) is 15.9. The molecule has 1 unspecified atom stereocenters. The minimum absolute atomic E-state index is 0.125. The number of ether oxygens (including phenoxy) is 1. The lowest BCUT2D eigenvalue weighted by molar-refractivity contribution is 0.354. The zero-order valence-electron chi connectivity index (χ0n) is 15.9. The highest BCUT2D eigenvalue weighted by molar-refractivity contribution is 5.50. The van der Waals surface area contributed by atoms with E-state index in [0.717, 1.165) is 5.69 Å². The van der Waals surface area contributed by atoms with Crippen LogP contribution < -0.4 is 10.1 Å². The van der Waals surface area contributed by atoms with Gasteiger partial charge >= 0.3 is 0 Å². The quantitative estimate of drug-likeness (QED) is 0.671. The Balaban J connectivity index is 1.67. The molecule has 0 amide bonds. The van der Waals surface area contributed by atoms with Gasteiger partial charge in [0.2, 0.25) is 5.89 Å². The minimum atomic E-state index is -0.153. The van der Waals surface area contributed by atoms with Crippen LogP contribution in [0.1, 0.15) is 51.0 Å². The summed E-state index contributed by atoms with van der Waals surface area (Å²) in [6.07, 6.45) is 0. The van der Waals surface area contributed by atoms with E-state index < -0.39 is 0 Å². The minimum Gasteiger partial charge on any atom is -0.456 e. The van der Waals surface area contributed by atoms with Gasteiger partial charge in [-0.05, 0) is 43.3 Å². The van der Waals surface area contributed by atoms with Crippen LogP contribution in [0.2, 0.25) is 0 Å². The van der Waals surface area contributed by atoms with E-state index in [2.05, 4.69) is 21.5 Å². The van der Waals surface area contributed by atoms with Crippen LogP contribution in [0.4, 0.5) is 5.69 Å². The maximum Gasteiger partial charge on any atom is 0.248 e. The molecule has 2 aromatic carbocycles. The van der Waals surface area contributed by atoms with E-state index in [1.54, 1.807) is 12.1 Å². The van der Waals surface area contributed by atoms with Gasteiger partial charge < -0.3 is 14.6 Å². The summed E-state index contributed by atoms with van der Waals surface area (Å²) >= 11 is 0. The van der Waals surface area contributed by atoms with Crippen LogP contribution in [0.25, 0.3) is 0 Å². The van der Waals surface area contributed by atoms with E-state index in [-0.39, 0.29) is 11.5 Å². The molecular weight excluding hydrogens is 340 g/mol. The molecule has 6 nitrogen and oxygen atoms in total. The molecule has 1 atom stereocenters. The Morgan fingerprint density at radius 2 is 1.81 bits per heavy atom. The average Bonchev–Trinajstić information content (AvgIpc) is 3.14. The molecule has 0 aliphatic heterocycles. The summed E-state index contributed by atoms with van der Waals surface area (Å²) in [6, 6.07) is 16.6. The lowest BCUT2D eigenvalue weighted by Crippen LogP contribution is -2.14. The van der Waals surface area contributed by atoms with Gasteiger partial charge in [-0.2, -0.15) is 10.2 Å². The lowest BCUT2D eigenvalue weighted by atomic mass is 9.96. The molecule has 6 heteroatoms. The van der Waals surface area contributed by atoms with Crippen LogP contribution in [0.3, 0.4) is 0 Å². The molecule has 0 aliphatic carbocycles. The summed E-state index contributed by atoms with van der Waals surface area (Å²) in [5.74, 6) is 2.42. The van der Waals surface area contributed by atoms with Crippen molar-refractivity contribution >= 4 is 5.69 Å². The first-order valence-electron chi connectivity index (χ1n) is 8.74. The lowest BCUT2D eigenvalue weighted by Gasteiger charge is -2.13. The molecule has 1 aromatic heterocycles. The highest BCUT2D eigenvalue weighted by Gasteiger charge is 2.23. The molecule has 1 N–H and O–H groups in total. The van der Waals surface area contributed by atoms with Crippen molar-refractivity contribution in [3.05, 3.63) is 65.8 Å². The topological polar surface area (TPSA) is 84.0 Å². The molecule has 0 spiro atoms. The Morgan fingerprint density at radius 3 is 2.44 bits per heavy atom. The summed E-state index contributed by atoms with van der Waals surface area (Å²) in [5, 5.41) is 16.5. The zero-order chi connectivity index (χ0) is 19.4. The van der Waals surface area contributed by atoms with E-state index >= 15 is 0 Å². The van der Waals surface area contributed by atoms with Crippen molar-refractivity contribution in [2.75, 3.05) is 5.32 Å². The SMILES string of the molecule is CC(Nc1ccc(Oc2ccccc2C#N)cc1)c1nc(C(C)(C)C)no1. The molecule has 27 heavy (non-hydrogen) atoms. The van der Waals surface area contributed by atoms with Crippen LogP contribution in [-0.2, 0) is 5.41 Å². The smallest absolute Gasteiger partial charge is 0.248 e. The Morgan fingerprint density at radius 1 is 1.11 bits per heavy atom. The number of para-hydroxylation sites is 1. The molecule has 0 bridgehead atoms. The van der Waals surface area contributed by atoms with Crippen molar-refractivity contribution in [1.82, 2.24) is 10.1 Å². The summed E-state index contributed by atoms with van der Waals surface area (Å²) in [4.78, 5) is 4.47. The molecule has 138 valence electrons. The van der Waals surface area contributed by atoms with E-state index in [9.17, 15) is 0 Å². The fourth-order valence-electron chi connectivity index (χ4n) is 2.42. The number of benzene rings is 2. The molecule has 3 rings (SSSR count). The monoisotopic (exact) mass is 362 g/mol. The number of nitriles is 1. The van der Waals surface area contributed by atoms with Crippen LogP contribution >= 0.6 is 0 Å². The average molecular weight is 362 g/mol. The van der Waals surface area contributed by atoms with Gasteiger partial charge in [0, 0.05) is 11.1 Å². The normalized spacial score (nSPS) is 12.3. The fourth-order valence-corrected chi connectivity index (χ4v) is 2.42. The van der Waals surface area contributed by atoms with Gasteiger partial charge in [0.1, 0.15) is 23.6 Å². The van der Waals surface area contributed by atoms with Crippen LogP contribution in [0.15, 0.2) is 53.1 Å². The highest BCUT2D eigenvalue weighted by Crippen LogP contribution is 2.27. The number of nitrogens with one attached hydrogen (secondary N) is 1. The first-order valence-corrected chi connectivity index (χ1v) is 8.74. The third-order valence-electron chi connectivity index (χ3n) is 3.96. The molecular formula is C21H22N4O2. The summed E-state index contributed by atoms with van der Waals surface area (Å²) in [7, 11) is 0. The molecule has 0 fully saturated rings. The molecule has 1 heterocycles. The van der Waals surface area contributed by atoms with Gasteiger partial charge in [0.25, 0.3) is 0 Å². The fraction of sp³-hybridized carbons (Fsp3) is 0.286. The van der Waals surface area contributed by atoms with Gasteiger partial charge in [0.05, 0.1) is 5.56 Å². The van der Waals surface area contributed by atoms with E-state index in [1.807, 2.05) is 64.1 Å². The van der Waals surface area contributed by atoms with Crippen LogP contribution in [-0.4, -0.2) is 10.1 Å². The predicted octanol–water partition coefficient (Wildman–Crippen LogP) is 5.20. The standard InChI is InChI=1S/C21H22N4O2/c1-14(19-24-20(25-27-19)21(2,3)4)23-16-9-11-17(12-10-16)26-18-8-6-5-7-15(18)13-22/h5-12,14,23H,1-4H3. The largest absolute Gasteiger partial charge is 0.456 e. The maximum atomic E-state index is 9.14. The highest BCUT2D eigenvalue weighted by atomic mass is 16.5. The number of hydrogen-bond donors (Lipinski definition) is 1. The van der Waals surface area contributed by atoms with E-state index in [1.165, 1.54) is 0 Å². The third kappa shape index (κ3) is 4.45. The Kier molecular flexibility index (Phi) is 5.13. The maximum absolute atomic E-state index is 9.14. The molecule has 0 radical (unpaired) electrons. The molecule has 0 saturated heterocycles. The summed E-state index contributed by atoms with van der Waals surface area (Å²) in [6.45, 7) is 8.10. The molecule has 3 aromatic rings. The number of aromatic nitrogens is 2. The van der Waals surface area contributed by atoms with Crippen LogP contribution in [0, 0.1) is 11.3 Å². The molecule has 0 saturated carbocycles. The van der Waals surface area contributed by atoms with Crippen molar-refractivity contribution in [3.8, 4) is 17.6 Å². The Hall–Kier alpha value is -3.33. The van der Waals surface area contributed by atoms with Crippen molar-refractivity contribution in [3.63, 3.8) is 0 Å². The molecule has 0 aliphatic rings. The van der Waals surface area contributed by atoms with Gasteiger partial charge in [-0.25, -0.2) is 0 Å². The van der Waals surface area contributed by atoms with Crippen molar-refractivity contribution in [1.29, 1.82) is 5.26 Å². The van der Waals surface area contributed by atoms with Gasteiger partial charge in [-0.1, -0.05) is 38.1 Å². The number of rotatable bonds is 5. The summed E-state index contributed by atoms with van der Waals surface area (Å²) in [5.41, 5.74) is 1.25. The first-order chi connectivity index (χ1) is 12.9. The third-order valence-corrected chi connectivity index (χ3v) is 3.96. The number of nitrogens with zero attached hydrogens (tertiary/aromatic N) is 3. The van der Waals surface area contributed by atoms with Crippen molar-refractivity contribution < 1.29 is 9.26 Å². The Bertz CT molecular complexity index is 949. The number of anilines is 1. The van der Waals surface area contributed by atoms with Gasteiger partial charge in [-0.15, -0.1) is 0 Å². The summed E-state index contributed by atoms with van der Waals surface area (Å²) < 4.78 is 11.2. The second kappa shape index (κ2) is 7.50.